The third-order valence-corrected chi connectivity index (χ3v) is 7.54. The van der Waals surface area contributed by atoms with Crippen LogP contribution in [0.15, 0.2) is 54.5 Å². The zero-order chi connectivity index (χ0) is 27.9. The number of carbonyl (C=O) groups is 1. The van der Waals surface area contributed by atoms with Crippen molar-refractivity contribution in [3.63, 3.8) is 0 Å². The lowest BCUT2D eigenvalue weighted by atomic mass is 9.96. The largest absolute Gasteiger partial charge is 0.383 e. The van der Waals surface area contributed by atoms with E-state index < -0.39 is 11.6 Å². The van der Waals surface area contributed by atoms with Gasteiger partial charge in [0.2, 0.25) is 5.91 Å². The zero-order valence-corrected chi connectivity index (χ0v) is 23.4. The van der Waals surface area contributed by atoms with Crippen LogP contribution in [0.5, 0.6) is 0 Å². The molecule has 0 bridgehead atoms. The van der Waals surface area contributed by atoms with Crippen LogP contribution in [-0.4, -0.2) is 28.0 Å². The van der Waals surface area contributed by atoms with E-state index in [-0.39, 0.29) is 11.3 Å². The molecule has 1 aliphatic carbocycles. The maximum atomic E-state index is 12.1. The number of fused-ring (bicyclic) bond motifs is 1. The van der Waals surface area contributed by atoms with Gasteiger partial charge in [-0.1, -0.05) is 62.2 Å². The van der Waals surface area contributed by atoms with Gasteiger partial charge >= 0.3 is 0 Å². The first-order valence-electron chi connectivity index (χ1n) is 12.6. The summed E-state index contributed by atoms with van der Waals surface area (Å²) in [6.45, 7) is 7.01. The van der Waals surface area contributed by atoms with Gasteiger partial charge in [-0.25, -0.2) is 0 Å². The van der Waals surface area contributed by atoms with Crippen molar-refractivity contribution >= 4 is 51.4 Å². The molecule has 1 saturated carbocycles. The summed E-state index contributed by atoms with van der Waals surface area (Å²) in [6.07, 6.45) is 4.72. The van der Waals surface area contributed by atoms with Crippen LogP contribution >= 0.6 is 23.2 Å². The molecule has 1 fully saturated rings. The average molecular weight is 566 g/mol. The highest BCUT2D eigenvalue weighted by molar-refractivity contribution is 6.36. The van der Waals surface area contributed by atoms with E-state index in [0.29, 0.717) is 51.9 Å². The molecule has 9 nitrogen and oxygen atoms in total. The first kappa shape index (κ1) is 26.9. The van der Waals surface area contributed by atoms with Gasteiger partial charge in [0, 0.05) is 35.0 Å². The standard InChI is InChI=1S/C28H30Cl2N8O/c1-27(2,3)15-34-23-16(12-31)13-33-24-19(23)10-17(11-21(24)30)35-25(18-6-4-5-7-20(18)29)22-14-38(37-36-22)28(8-9-28)26(32)39/h4-7,10-11,13-14,25,35-37H,8-9,15H2,1-3H3,(H2,32,39)(H,33,34)/t25-/m0/s1. The Morgan fingerprint density at radius 3 is 2.64 bits per heavy atom. The summed E-state index contributed by atoms with van der Waals surface area (Å²) >= 11 is 13.4. The maximum Gasteiger partial charge on any atom is 0.244 e. The van der Waals surface area contributed by atoms with E-state index in [4.69, 9.17) is 28.9 Å². The molecule has 0 radical (unpaired) electrons. The number of hydrogen-bond donors (Lipinski definition) is 5. The average Bonchev–Trinajstić information content (AvgIpc) is 3.56. The van der Waals surface area contributed by atoms with Crippen molar-refractivity contribution in [2.45, 2.75) is 45.2 Å². The number of aromatic nitrogens is 1. The van der Waals surface area contributed by atoms with Gasteiger partial charge in [-0.2, -0.15) is 5.26 Å². The Kier molecular flexibility index (Phi) is 6.97. The number of anilines is 2. The second-order valence-corrected chi connectivity index (χ2v) is 11.9. The third kappa shape index (κ3) is 5.28. The Morgan fingerprint density at radius 2 is 2.00 bits per heavy atom. The molecule has 11 heteroatoms. The van der Waals surface area contributed by atoms with E-state index in [1.54, 1.807) is 17.3 Å². The van der Waals surface area contributed by atoms with Crippen molar-refractivity contribution < 1.29 is 4.79 Å². The summed E-state index contributed by atoms with van der Waals surface area (Å²) in [6, 6.07) is 13.1. The van der Waals surface area contributed by atoms with Crippen LogP contribution in [0.1, 0.15) is 50.8 Å². The Balaban J connectivity index is 1.57. The van der Waals surface area contributed by atoms with Crippen LogP contribution in [0, 0.1) is 16.7 Å². The van der Waals surface area contributed by atoms with Crippen LogP contribution in [-0.2, 0) is 4.79 Å². The molecule has 202 valence electrons. The van der Waals surface area contributed by atoms with Gasteiger partial charge in [-0.15, -0.1) is 5.53 Å². The number of hydrazine groups is 2. The van der Waals surface area contributed by atoms with Crippen molar-refractivity contribution in [1.82, 2.24) is 21.0 Å². The molecular weight excluding hydrogens is 535 g/mol. The fourth-order valence-corrected chi connectivity index (χ4v) is 5.11. The molecular formula is C28H30Cl2N8O. The summed E-state index contributed by atoms with van der Waals surface area (Å²) in [5.74, 6) is -0.381. The van der Waals surface area contributed by atoms with E-state index in [1.165, 1.54) is 0 Å². The minimum atomic E-state index is -0.751. The smallest absolute Gasteiger partial charge is 0.244 e. The fraction of sp³-hybridized carbons (Fsp3) is 0.321. The Labute approximate surface area is 237 Å². The van der Waals surface area contributed by atoms with E-state index in [2.05, 4.69) is 53.4 Å². The predicted octanol–water partition coefficient (Wildman–Crippen LogP) is 5.21. The lowest BCUT2D eigenvalue weighted by Gasteiger charge is -2.24. The van der Waals surface area contributed by atoms with E-state index in [9.17, 15) is 10.1 Å². The summed E-state index contributed by atoms with van der Waals surface area (Å²) < 4.78 is 0. The highest BCUT2D eigenvalue weighted by atomic mass is 35.5. The number of amides is 1. The second kappa shape index (κ2) is 10.1. The number of carbonyl (C=O) groups excluding carboxylic acids is 1. The van der Waals surface area contributed by atoms with Crippen LogP contribution in [0.3, 0.4) is 0 Å². The lowest BCUT2D eigenvalue weighted by Crippen LogP contribution is -2.51. The molecule has 1 atom stereocenters. The number of nitrogens with one attached hydrogen (secondary N) is 4. The van der Waals surface area contributed by atoms with Gasteiger partial charge in [0.15, 0.2) is 0 Å². The van der Waals surface area contributed by atoms with Crippen molar-refractivity contribution in [3.8, 4) is 6.07 Å². The number of rotatable bonds is 8. The molecule has 0 saturated heterocycles. The quantitative estimate of drug-likeness (QED) is 0.252. The number of nitriles is 1. The van der Waals surface area contributed by atoms with E-state index in [0.717, 1.165) is 16.6 Å². The van der Waals surface area contributed by atoms with Crippen molar-refractivity contribution in [1.29, 1.82) is 5.26 Å². The summed E-state index contributed by atoms with van der Waals surface area (Å²) in [4.78, 5) is 16.6. The molecule has 3 aromatic rings. The molecule has 0 unspecified atom stereocenters. The van der Waals surface area contributed by atoms with E-state index >= 15 is 0 Å². The SMILES string of the molecule is CC(C)(C)CNc1c(C#N)cnc2c(Cl)cc(N[C@H](C3=CN(C4(C(N)=O)CC4)NN3)c3ccccc3Cl)cc12. The first-order chi connectivity index (χ1) is 18.5. The topological polar surface area (TPSA) is 131 Å². The summed E-state index contributed by atoms with van der Waals surface area (Å²) in [7, 11) is 0. The zero-order valence-electron chi connectivity index (χ0n) is 21.9. The molecule has 0 spiro atoms. The second-order valence-electron chi connectivity index (χ2n) is 11.1. The maximum absolute atomic E-state index is 12.1. The molecule has 1 aliphatic heterocycles. The molecule has 2 aliphatic rings. The molecule has 2 aromatic carbocycles. The van der Waals surface area contributed by atoms with Gasteiger partial charge in [0.25, 0.3) is 0 Å². The lowest BCUT2D eigenvalue weighted by molar-refractivity contribution is -0.124. The highest BCUT2D eigenvalue weighted by Crippen LogP contribution is 2.43. The Hall–Kier alpha value is -3.71. The molecule has 39 heavy (non-hydrogen) atoms. The number of benzene rings is 2. The van der Waals surface area contributed by atoms with Gasteiger partial charge in [0.05, 0.1) is 33.5 Å². The Morgan fingerprint density at radius 1 is 1.26 bits per heavy atom. The van der Waals surface area contributed by atoms with Crippen molar-refractivity contribution in [3.05, 3.63) is 75.7 Å². The number of nitrogens with zero attached hydrogens (tertiary/aromatic N) is 3. The monoisotopic (exact) mass is 564 g/mol. The molecule has 1 aromatic heterocycles. The van der Waals surface area contributed by atoms with Crippen LogP contribution in [0.2, 0.25) is 10.0 Å². The normalized spacial score (nSPS) is 16.7. The van der Waals surface area contributed by atoms with Gasteiger partial charge in [-0.3, -0.25) is 14.8 Å². The number of nitrogens with two attached hydrogens (primary N) is 1. The van der Waals surface area contributed by atoms with Crippen LogP contribution in [0.25, 0.3) is 10.9 Å². The molecule has 6 N–H and O–H groups in total. The van der Waals surface area contributed by atoms with Gasteiger partial charge < -0.3 is 21.8 Å². The number of primary amides is 1. The first-order valence-corrected chi connectivity index (χ1v) is 13.4. The summed E-state index contributed by atoms with van der Waals surface area (Å²) in [5, 5.41) is 20.2. The fourth-order valence-electron chi connectivity index (χ4n) is 4.60. The number of halogens is 2. The van der Waals surface area contributed by atoms with E-state index in [1.807, 2.05) is 36.5 Å². The highest BCUT2D eigenvalue weighted by Gasteiger charge is 2.54. The molecule has 5 rings (SSSR count). The van der Waals surface area contributed by atoms with Crippen molar-refractivity contribution in [2.75, 3.05) is 17.2 Å². The third-order valence-electron chi connectivity index (χ3n) is 6.91. The van der Waals surface area contributed by atoms with Crippen molar-refractivity contribution in [2.24, 2.45) is 11.1 Å². The summed E-state index contributed by atoms with van der Waals surface area (Å²) in [5.41, 5.74) is 15.1. The number of hydrogen-bond acceptors (Lipinski definition) is 8. The molecule has 2 heterocycles. The number of pyridine rings is 1. The van der Waals surface area contributed by atoms with Crippen LogP contribution in [0.4, 0.5) is 11.4 Å². The van der Waals surface area contributed by atoms with Gasteiger partial charge in [0.1, 0.15) is 11.6 Å². The Bertz CT molecular complexity index is 1520. The predicted molar refractivity (Wildman–Crippen MR) is 155 cm³/mol. The van der Waals surface area contributed by atoms with Gasteiger partial charge in [-0.05, 0) is 42.0 Å². The molecule has 1 amide bonds. The minimum Gasteiger partial charge on any atom is -0.383 e. The minimum absolute atomic E-state index is 0.0134. The van der Waals surface area contributed by atoms with Crippen LogP contribution < -0.4 is 27.3 Å².